The Morgan fingerprint density at radius 1 is 1.11 bits per heavy atom. The number of hydrogen-bond acceptors (Lipinski definition) is 6. The number of anilines is 2. The lowest BCUT2D eigenvalue weighted by atomic mass is 9.70. The van der Waals surface area contributed by atoms with Gasteiger partial charge in [-0.3, -0.25) is 14.4 Å². The van der Waals surface area contributed by atoms with E-state index in [0.29, 0.717) is 25.1 Å². The van der Waals surface area contributed by atoms with E-state index in [-0.39, 0.29) is 37.4 Å². The molecular weight excluding hydrogens is 484 g/mol. The Morgan fingerprint density at radius 2 is 1.74 bits per heavy atom. The first kappa shape index (κ1) is 27.9. The number of amides is 3. The third-order valence-electron chi connectivity index (χ3n) is 8.31. The summed E-state index contributed by atoms with van der Waals surface area (Å²) < 4.78 is 6.47. The third-order valence-corrected chi connectivity index (χ3v) is 8.31. The molecule has 1 N–H and O–H groups in total. The van der Waals surface area contributed by atoms with Gasteiger partial charge in [-0.1, -0.05) is 12.2 Å². The number of aliphatic hydroxyl groups is 1. The lowest BCUT2D eigenvalue weighted by molar-refractivity contribution is -0.144. The van der Waals surface area contributed by atoms with E-state index in [2.05, 4.69) is 31.9 Å². The zero-order chi connectivity index (χ0) is 27.6. The molecular formula is C29H40N4O5. The molecule has 5 atom stereocenters. The number of likely N-dealkylation sites (N-methyl/N-ethyl adjacent to an activating group) is 1. The van der Waals surface area contributed by atoms with Gasteiger partial charge in [-0.2, -0.15) is 0 Å². The highest BCUT2D eigenvalue weighted by atomic mass is 16.5. The number of likely N-dealkylation sites (tertiary alicyclic amines) is 1. The fourth-order valence-electron chi connectivity index (χ4n) is 6.63. The minimum atomic E-state index is -1.11. The molecule has 1 aromatic rings. The molecule has 3 heterocycles. The van der Waals surface area contributed by atoms with Crippen LogP contribution in [0.25, 0.3) is 0 Å². The van der Waals surface area contributed by atoms with Crippen molar-refractivity contribution in [1.82, 2.24) is 9.80 Å². The highest BCUT2D eigenvalue weighted by Gasteiger charge is 2.74. The largest absolute Gasteiger partial charge is 0.395 e. The molecule has 206 valence electrons. The van der Waals surface area contributed by atoms with Gasteiger partial charge in [0.2, 0.25) is 11.8 Å². The van der Waals surface area contributed by atoms with Crippen molar-refractivity contribution in [2.24, 2.45) is 11.8 Å². The minimum Gasteiger partial charge on any atom is -0.395 e. The lowest BCUT2D eigenvalue weighted by Crippen LogP contribution is -2.57. The Morgan fingerprint density at radius 3 is 2.32 bits per heavy atom. The number of fused-ring (bicyclic) bond motifs is 1. The van der Waals surface area contributed by atoms with Crippen LogP contribution in [0, 0.1) is 11.8 Å². The van der Waals surface area contributed by atoms with Crippen LogP contribution in [-0.4, -0.2) is 96.8 Å². The van der Waals surface area contributed by atoms with E-state index in [1.165, 1.54) is 4.90 Å². The van der Waals surface area contributed by atoms with Crippen LogP contribution in [0.3, 0.4) is 0 Å². The summed E-state index contributed by atoms with van der Waals surface area (Å²) in [6.07, 6.45) is 3.98. The molecule has 3 amide bonds. The highest BCUT2D eigenvalue weighted by molar-refractivity contribution is 6.05. The second-order valence-electron chi connectivity index (χ2n) is 10.2. The fourth-order valence-corrected chi connectivity index (χ4v) is 6.63. The predicted molar refractivity (Wildman–Crippen MR) is 147 cm³/mol. The van der Waals surface area contributed by atoms with Gasteiger partial charge in [-0.25, -0.2) is 0 Å². The van der Waals surface area contributed by atoms with E-state index < -0.39 is 29.6 Å². The number of benzene rings is 1. The maximum Gasteiger partial charge on any atom is 0.253 e. The molecule has 38 heavy (non-hydrogen) atoms. The quantitative estimate of drug-likeness (QED) is 0.421. The minimum absolute atomic E-state index is 0.00620. The first-order chi connectivity index (χ1) is 18.3. The standard InChI is InChI=1S/C29H40N4O5/c1-6-16-30(5)26(35)23-22-14-15-29(38-22)24(23)27(36)33(18-19-34)25(29)28(37)32(17-7-2)21-12-10-20(11-13-21)31(8-3)9-4/h6-7,10-13,22-25,34H,1-2,8-9,14-19H2,3-5H3/t22-,23+,24-,25?,29?/m0/s1. The molecule has 9 nitrogen and oxygen atoms in total. The number of rotatable bonds is 12. The summed E-state index contributed by atoms with van der Waals surface area (Å²) in [7, 11) is 1.68. The van der Waals surface area contributed by atoms with Gasteiger partial charge in [0.25, 0.3) is 5.91 Å². The first-order valence-corrected chi connectivity index (χ1v) is 13.5. The molecule has 1 spiro atoms. The Bertz CT molecular complexity index is 1070. The molecule has 3 aliphatic heterocycles. The molecule has 0 saturated carbocycles. The van der Waals surface area contributed by atoms with Gasteiger partial charge in [0, 0.05) is 51.1 Å². The van der Waals surface area contributed by atoms with Crippen molar-refractivity contribution >= 4 is 29.1 Å². The van der Waals surface area contributed by atoms with Crippen molar-refractivity contribution in [3.63, 3.8) is 0 Å². The van der Waals surface area contributed by atoms with Crippen molar-refractivity contribution < 1.29 is 24.2 Å². The SMILES string of the molecule is C=CCN(C)C(=O)[C@@H]1[C@@H]2CCC3(O2)C(C(=O)N(CC=C)c2ccc(N(CC)CC)cc2)N(CCO)C(=O)[C@H]13. The van der Waals surface area contributed by atoms with Crippen LogP contribution in [0.4, 0.5) is 11.4 Å². The molecule has 0 aliphatic carbocycles. The smallest absolute Gasteiger partial charge is 0.253 e. The van der Waals surface area contributed by atoms with Gasteiger partial charge in [0.05, 0.1) is 24.5 Å². The molecule has 3 fully saturated rings. The van der Waals surface area contributed by atoms with Crippen LogP contribution in [0.2, 0.25) is 0 Å². The van der Waals surface area contributed by atoms with Crippen LogP contribution < -0.4 is 9.80 Å². The lowest BCUT2D eigenvalue weighted by Gasteiger charge is -2.36. The zero-order valence-corrected chi connectivity index (χ0v) is 22.7. The van der Waals surface area contributed by atoms with Gasteiger partial charge in [-0.15, -0.1) is 13.2 Å². The molecule has 3 saturated heterocycles. The average Bonchev–Trinajstić information content (AvgIpc) is 3.56. The average molecular weight is 525 g/mol. The van der Waals surface area contributed by atoms with Gasteiger partial charge >= 0.3 is 0 Å². The van der Waals surface area contributed by atoms with E-state index in [0.717, 1.165) is 18.8 Å². The fraction of sp³-hybridized carbons (Fsp3) is 0.552. The van der Waals surface area contributed by atoms with Crippen LogP contribution in [0.1, 0.15) is 26.7 Å². The van der Waals surface area contributed by atoms with Crippen molar-refractivity contribution in [3.8, 4) is 0 Å². The Hall–Kier alpha value is -3.17. The molecule has 0 aromatic heterocycles. The van der Waals surface area contributed by atoms with E-state index in [1.54, 1.807) is 29.0 Å². The van der Waals surface area contributed by atoms with E-state index in [9.17, 15) is 19.5 Å². The maximum atomic E-state index is 14.3. The Balaban J connectivity index is 1.71. The summed E-state index contributed by atoms with van der Waals surface area (Å²) in [6.45, 7) is 13.8. The number of hydrogen-bond donors (Lipinski definition) is 1. The Kier molecular flexibility index (Phi) is 8.28. The maximum absolute atomic E-state index is 14.3. The molecule has 2 bridgehead atoms. The zero-order valence-electron chi connectivity index (χ0n) is 22.7. The molecule has 0 radical (unpaired) electrons. The molecule has 3 aliphatic rings. The summed E-state index contributed by atoms with van der Waals surface area (Å²) in [5, 5.41) is 9.83. The highest BCUT2D eigenvalue weighted by Crippen LogP contribution is 2.58. The summed E-state index contributed by atoms with van der Waals surface area (Å²) >= 11 is 0. The first-order valence-electron chi connectivity index (χ1n) is 13.5. The summed E-state index contributed by atoms with van der Waals surface area (Å²) in [4.78, 5) is 48.4. The third kappa shape index (κ3) is 4.41. The Labute approximate surface area is 225 Å². The predicted octanol–water partition coefficient (Wildman–Crippen LogP) is 2.06. The normalized spacial score (nSPS) is 27.3. The number of β-amino-alcohol motifs (C(OH)–C–C–N with tert-alkyl or cyclic N) is 1. The molecule has 4 rings (SSSR count). The van der Waals surface area contributed by atoms with Gasteiger partial charge in [-0.05, 0) is 51.0 Å². The number of nitrogens with zero attached hydrogens (tertiary/aromatic N) is 4. The molecule has 2 unspecified atom stereocenters. The second kappa shape index (κ2) is 11.3. The number of carbonyl (C=O) groups excluding carboxylic acids is 3. The van der Waals surface area contributed by atoms with Crippen LogP contribution in [-0.2, 0) is 19.1 Å². The van der Waals surface area contributed by atoms with Gasteiger partial charge in [0.15, 0.2) is 0 Å². The topological polar surface area (TPSA) is 93.6 Å². The van der Waals surface area contributed by atoms with Crippen molar-refractivity contribution in [2.45, 2.75) is 44.4 Å². The molecule has 9 heteroatoms. The number of carbonyl (C=O) groups is 3. The van der Waals surface area contributed by atoms with E-state index in [4.69, 9.17) is 4.74 Å². The summed E-state index contributed by atoms with van der Waals surface area (Å²) in [5.74, 6) is -2.21. The number of ether oxygens (including phenoxy) is 1. The van der Waals surface area contributed by atoms with Crippen molar-refractivity contribution in [1.29, 1.82) is 0 Å². The van der Waals surface area contributed by atoms with Gasteiger partial charge in [0.1, 0.15) is 11.6 Å². The van der Waals surface area contributed by atoms with E-state index in [1.807, 2.05) is 24.3 Å². The van der Waals surface area contributed by atoms with Crippen LogP contribution in [0.15, 0.2) is 49.6 Å². The van der Waals surface area contributed by atoms with Crippen LogP contribution >= 0.6 is 0 Å². The van der Waals surface area contributed by atoms with Crippen molar-refractivity contribution in [2.75, 3.05) is 56.2 Å². The molecule has 1 aromatic carbocycles. The monoisotopic (exact) mass is 524 g/mol. The second-order valence-corrected chi connectivity index (χ2v) is 10.2. The van der Waals surface area contributed by atoms with Crippen molar-refractivity contribution in [3.05, 3.63) is 49.6 Å². The van der Waals surface area contributed by atoms with Gasteiger partial charge < -0.3 is 29.4 Å². The van der Waals surface area contributed by atoms with Crippen LogP contribution in [0.5, 0.6) is 0 Å². The summed E-state index contributed by atoms with van der Waals surface area (Å²) in [6, 6.07) is 6.84. The van der Waals surface area contributed by atoms with E-state index >= 15 is 0 Å². The number of aliphatic hydroxyl groups excluding tert-OH is 1. The summed E-state index contributed by atoms with van der Waals surface area (Å²) in [5.41, 5.74) is 0.640.